The fraction of sp³-hybridized carbons (Fsp3) is 0.462. The number of piperidine rings is 1. The average molecular weight is 310 g/mol. The van der Waals surface area contributed by atoms with Crippen LogP contribution < -0.4 is 16.0 Å². The van der Waals surface area contributed by atoms with Crippen LogP contribution in [0.25, 0.3) is 0 Å². The molecule has 1 saturated heterocycles. The number of amides is 5. The lowest BCUT2D eigenvalue weighted by molar-refractivity contribution is -0.148. The molecule has 1 aliphatic heterocycles. The fourth-order valence-electron chi connectivity index (χ4n) is 1.93. The van der Waals surface area contributed by atoms with E-state index in [0.717, 1.165) is 4.90 Å². The quantitative estimate of drug-likeness (QED) is 0.206. The molecule has 0 aromatic carbocycles. The van der Waals surface area contributed by atoms with Crippen LogP contribution in [-0.2, 0) is 24.0 Å². The van der Waals surface area contributed by atoms with Crippen LogP contribution in [0.4, 0.5) is 0 Å². The predicted octanol–water partition coefficient (Wildman–Crippen LogP) is -1.98. The van der Waals surface area contributed by atoms with Crippen molar-refractivity contribution in [2.24, 2.45) is 0 Å². The molecule has 1 unspecified atom stereocenters. The van der Waals surface area contributed by atoms with Gasteiger partial charge in [-0.3, -0.25) is 34.2 Å². The van der Waals surface area contributed by atoms with E-state index in [1.807, 2.05) is 0 Å². The van der Waals surface area contributed by atoms with Gasteiger partial charge in [0, 0.05) is 31.3 Å². The Hall–Kier alpha value is -2.71. The third-order valence-electron chi connectivity index (χ3n) is 3.01. The van der Waals surface area contributed by atoms with E-state index in [2.05, 4.69) is 16.0 Å². The van der Waals surface area contributed by atoms with E-state index in [1.165, 1.54) is 6.08 Å². The molecule has 9 heteroatoms. The van der Waals surface area contributed by atoms with Gasteiger partial charge in [-0.25, -0.2) is 0 Å². The van der Waals surface area contributed by atoms with Crippen molar-refractivity contribution in [2.75, 3.05) is 13.1 Å². The summed E-state index contributed by atoms with van der Waals surface area (Å²) in [4.78, 5) is 56.7. The lowest BCUT2D eigenvalue weighted by Gasteiger charge is -2.27. The minimum atomic E-state index is -0.983. The summed E-state index contributed by atoms with van der Waals surface area (Å²) in [5, 5.41) is 7.41. The van der Waals surface area contributed by atoms with E-state index in [4.69, 9.17) is 0 Å². The molecular formula is C13H18N4O5. The molecule has 0 aromatic heterocycles. The molecule has 3 N–H and O–H groups in total. The van der Waals surface area contributed by atoms with Gasteiger partial charge in [-0.1, -0.05) is 0 Å². The third kappa shape index (κ3) is 5.00. The molecule has 22 heavy (non-hydrogen) atoms. The van der Waals surface area contributed by atoms with E-state index < -0.39 is 23.8 Å². The zero-order valence-corrected chi connectivity index (χ0v) is 12.1. The molecule has 0 saturated carbocycles. The van der Waals surface area contributed by atoms with Gasteiger partial charge in [-0.15, -0.1) is 0 Å². The summed E-state index contributed by atoms with van der Waals surface area (Å²) in [5.74, 6) is -1.74. The summed E-state index contributed by atoms with van der Waals surface area (Å²) < 4.78 is 0. The Kier molecular flexibility index (Phi) is 6.74. The Balaban J connectivity index is 2.63. The normalized spacial score (nSPS) is 18.2. The van der Waals surface area contributed by atoms with Crippen molar-refractivity contribution in [1.82, 2.24) is 20.9 Å². The van der Waals surface area contributed by atoms with Crippen LogP contribution in [0.5, 0.6) is 0 Å². The van der Waals surface area contributed by atoms with E-state index in [0.29, 0.717) is 25.2 Å². The van der Waals surface area contributed by atoms with Gasteiger partial charge in [0.05, 0.1) is 0 Å². The molecule has 0 aromatic rings. The number of imide groups is 2. The summed E-state index contributed by atoms with van der Waals surface area (Å²) in [6, 6.07) is -0.983. The van der Waals surface area contributed by atoms with Gasteiger partial charge < -0.3 is 10.6 Å². The van der Waals surface area contributed by atoms with Crippen molar-refractivity contribution in [3.05, 3.63) is 11.8 Å². The number of rotatable bonds is 8. The molecule has 0 bridgehead atoms. The van der Waals surface area contributed by atoms with Crippen molar-refractivity contribution >= 4 is 30.5 Å². The topological polar surface area (TPSA) is 125 Å². The van der Waals surface area contributed by atoms with E-state index >= 15 is 0 Å². The van der Waals surface area contributed by atoms with Crippen LogP contribution in [0, 0.1) is 0 Å². The molecule has 1 atom stereocenters. The Bertz CT molecular complexity index is 503. The van der Waals surface area contributed by atoms with Crippen LogP contribution in [0.2, 0.25) is 0 Å². The van der Waals surface area contributed by atoms with Crippen molar-refractivity contribution < 1.29 is 24.0 Å². The first-order valence-corrected chi connectivity index (χ1v) is 6.70. The van der Waals surface area contributed by atoms with Gasteiger partial charge in [0.1, 0.15) is 6.04 Å². The molecule has 1 aliphatic rings. The third-order valence-corrected chi connectivity index (χ3v) is 3.01. The van der Waals surface area contributed by atoms with Crippen LogP contribution in [0.3, 0.4) is 0 Å². The van der Waals surface area contributed by atoms with Crippen LogP contribution in [-0.4, -0.2) is 54.6 Å². The highest BCUT2D eigenvalue weighted by Crippen LogP contribution is 2.11. The second-order valence-electron chi connectivity index (χ2n) is 4.64. The first-order valence-electron chi connectivity index (χ1n) is 6.70. The molecule has 120 valence electrons. The molecule has 0 aliphatic carbocycles. The predicted molar refractivity (Wildman–Crippen MR) is 74.9 cm³/mol. The average Bonchev–Trinajstić information content (AvgIpc) is 2.46. The van der Waals surface area contributed by atoms with Gasteiger partial charge in [0.2, 0.25) is 24.6 Å². The van der Waals surface area contributed by atoms with E-state index in [9.17, 15) is 24.0 Å². The van der Waals surface area contributed by atoms with Crippen molar-refractivity contribution in [3.63, 3.8) is 0 Å². The second-order valence-corrected chi connectivity index (χ2v) is 4.64. The molecule has 1 rings (SSSR count). The van der Waals surface area contributed by atoms with Gasteiger partial charge >= 0.3 is 0 Å². The summed E-state index contributed by atoms with van der Waals surface area (Å²) in [6.45, 7) is 2.41. The fourth-order valence-corrected chi connectivity index (χ4v) is 1.93. The highest BCUT2D eigenvalue weighted by atomic mass is 16.2. The first-order chi connectivity index (χ1) is 10.5. The minimum absolute atomic E-state index is 0.0757. The lowest BCUT2D eigenvalue weighted by Crippen LogP contribution is -2.53. The molecule has 0 radical (unpaired) electrons. The number of nitrogens with one attached hydrogen (secondary N) is 3. The number of carbonyl (C=O) groups is 5. The van der Waals surface area contributed by atoms with Crippen molar-refractivity contribution in [2.45, 2.75) is 25.8 Å². The summed E-state index contributed by atoms with van der Waals surface area (Å²) in [5.41, 5.74) is 0.483. The Morgan fingerprint density at radius 3 is 2.68 bits per heavy atom. The molecule has 1 heterocycles. The monoisotopic (exact) mass is 310 g/mol. The maximum atomic E-state index is 12.0. The SMILES string of the molecule is C/C(=C\C(=O)N(C=O)C1CCC(=O)NC1=O)NCCNC=O. The van der Waals surface area contributed by atoms with E-state index in [-0.39, 0.29) is 19.3 Å². The zero-order valence-electron chi connectivity index (χ0n) is 12.1. The molecule has 5 amide bonds. The standard InChI is InChI=1S/C13H18N4O5/c1-9(15-5-4-14-7-18)6-12(21)17(8-19)10-2-3-11(20)16-13(10)22/h6-8,10,15H,2-5H2,1H3,(H,14,18)(H,16,20,22)/b9-6+. The van der Waals surface area contributed by atoms with Crippen LogP contribution in [0.15, 0.2) is 11.8 Å². The zero-order chi connectivity index (χ0) is 16.5. The summed E-state index contributed by atoms with van der Waals surface area (Å²) in [7, 11) is 0. The number of carbonyl (C=O) groups excluding carboxylic acids is 5. The number of hydrogen-bond donors (Lipinski definition) is 3. The second kappa shape index (κ2) is 8.55. The summed E-state index contributed by atoms with van der Waals surface area (Å²) >= 11 is 0. The molecular weight excluding hydrogens is 292 g/mol. The smallest absolute Gasteiger partial charge is 0.255 e. The summed E-state index contributed by atoms with van der Waals surface area (Å²) in [6.07, 6.45) is 2.20. The maximum absolute atomic E-state index is 12.0. The van der Waals surface area contributed by atoms with Gasteiger partial charge in [0.25, 0.3) is 5.91 Å². The Morgan fingerprint density at radius 2 is 2.09 bits per heavy atom. The first kappa shape index (κ1) is 17.3. The van der Waals surface area contributed by atoms with Gasteiger partial charge in [0.15, 0.2) is 0 Å². The number of allylic oxidation sites excluding steroid dienone is 1. The molecule has 1 fully saturated rings. The molecule has 0 spiro atoms. The highest BCUT2D eigenvalue weighted by molar-refractivity contribution is 6.05. The number of nitrogens with zero attached hydrogens (tertiary/aromatic N) is 1. The Morgan fingerprint density at radius 1 is 1.36 bits per heavy atom. The lowest BCUT2D eigenvalue weighted by atomic mass is 10.0. The minimum Gasteiger partial charge on any atom is -0.387 e. The van der Waals surface area contributed by atoms with Gasteiger partial charge in [-0.2, -0.15) is 0 Å². The Labute approximate surface area is 127 Å². The largest absolute Gasteiger partial charge is 0.387 e. The number of hydrogen-bond acceptors (Lipinski definition) is 6. The maximum Gasteiger partial charge on any atom is 0.255 e. The van der Waals surface area contributed by atoms with Crippen LogP contribution in [0.1, 0.15) is 19.8 Å². The highest BCUT2D eigenvalue weighted by Gasteiger charge is 2.33. The van der Waals surface area contributed by atoms with Crippen molar-refractivity contribution in [3.8, 4) is 0 Å². The van der Waals surface area contributed by atoms with Crippen LogP contribution >= 0.6 is 0 Å². The van der Waals surface area contributed by atoms with E-state index in [1.54, 1.807) is 6.92 Å². The van der Waals surface area contributed by atoms with Gasteiger partial charge in [-0.05, 0) is 13.3 Å². The molecule has 9 nitrogen and oxygen atoms in total. The van der Waals surface area contributed by atoms with Crippen molar-refractivity contribution in [1.29, 1.82) is 0 Å².